The van der Waals surface area contributed by atoms with Gasteiger partial charge in [0.1, 0.15) is 0 Å². The number of aliphatic hydroxyl groups excluding tert-OH is 2. The summed E-state index contributed by atoms with van der Waals surface area (Å²) in [5.41, 5.74) is 0. The van der Waals surface area contributed by atoms with Crippen LogP contribution in [-0.4, -0.2) is 16.8 Å². The zero-order valence-electron chi connectivity index (χ0n) is 4.04. The zero-order chi connectivity index (χ0) is 4.83. The van der Waals surface area contributed by atoms with Crippen molar-refractivity contribution in [3.63, 3.8) is 0 Å². The molecule has 2 nitrogen and oxygen atoms in total. The van der Waals surface area contributed by atoms with Crippen molar-refractivity contribution in [2.45, 2.75) is 12.8 Å². The Morgan fingerprint density at radius 1 is 1.43 bits per heavy atom. The molecule has 7 heavy (non-hydrogen) atoms. The number of aliphatic hydroxyl groups is 2. The smallest absolute Gasteiger partial charge is 0.0407 e. The molecule has 0 amide bonds. The molecular formula is C4H9O2Ta-. The molecule has 0 spiro atoms. The van der Waals surface area contributed by atoms with Crippen molar-refractivity contribution in [1.29, 1.82) is 0 Å². The van der Waals surface area contributed by atoms with Crippen LogP contribution in [0.1, 0.15) is 12.8 Å². The van der Waals surface area contributed by atoms with Crippen LogP contribution >= 0.6 is 0 Å². The molecule has 2 N–H and O–H groups in total. The fourth-order valence-electron chi connectivity index (χ4n) is 0.183. The van der Waals surface area contributed by atoms with Crippen molar-refractivity contribution in [1.82, 2.24) is 0 Å². The van der Waals surface area contributed by atoms with Gasteiger partial charge in [-0.05, 0) is 0 Å². The number of rotatable bonds is 3. The molecule has 0 aromatic rings. The van der Waals surface area contributed by atoms with Crippen molar-refractivity contribution in [3.8, 4) is 0 Å². The molecule has 0 atom stereocenters. The summed E-state index contributed by atoms with van der Waals surface area (Å²) in [6, 6.07) is 0. The van der Waals surface area contributed by atoms with Crippen LogP contribution < -0.4 is 0 Å². The first-order valence-corrected chi connectivity index (χ1v) is 1.98. The Bertz CT molecular complexity index is 21.7. The van der Waals surface area contributed by atoms with Crippen molar-refractivity contribution < 1.29 is 32.6 Å². The molecular weight excluding hydrogens is 261 g/mol. The third-order valence-electron chi connectivity index (χ3n) is 0.491. The maximum absolute atomic E-state index is 8.07. The summed E-state index contributed by atoms with van der Waals surface area (Å²) in [4.78, 5) is 0. The van der Waals surface area contributed by atoms with E-state index >= 15 is 0 Å². The van der Waals surface area contributed by atoms with Gasteiger partial charge in [0.15, 0.2) is 0 Å². The van der Waals surface area contributed by atoms with E-state index in [0.717, 1.165) is 6.61 Å². The maximum Gasteiger partial charge on any atom is 0.0407 e. The fourth-order valence-corrected chi connectivity index (χ4v) is 0.183. The second kappa shape index (κ2) is 9.83. The Kier molecular flexibility index (Phi) is 14.9. The molecule has 0 fully saturated rings. The molecule has 0 aromatic carbocycles. The first-order valence-electron chi connectivity index (χ1n) is 1.98. The molecule has 0 heterocycles. The molecule has 0 aliphatic rings. The van der Waals surface area contributed by atoms with Gasteiger partial charge < -0.3 is 10.2 Å². The molecule has 43 valence electrons. The van der Waals surface area contributed by atoms with Crippen LogP contribution in [0.2, 0.25) is 0 Å². The number of hydrogen-bond donors (Lipinski definition) is 2. The molecule has 0 aromatic heterocycles. The van der Waals surface area contributed by atoms with Crippen molar-refractivity contribution in [3.05, 3.63) is 6.61 Å². The van der Waals surface area contributed by atoms with Gasteiger partial charge in [-0.25, -0.2) is 6.61 Å². The Morgan fingerprint density at radius 2 is 2.00 bits per heavy atom. The van der Waals surface area contributed by atoms with Gasteiger partial charge in [-0.2, -0.15) is 6.42 Å². The summed E-state index contributed by atoms with van der Waals surface area (Å²) in [5.74, 6) is 0. The van der Waals surface area contributed by atoms with Gasteiger partial charge in [0.05, 0.1) is 0 Å². The van der Waals surface area contributed by atoms with E-state index in [0.29, 0.717) is 12.8 Å². The molecule has 3 heteroatoms. The summed E-state index contributed by atoms with van der Waals surface area (Å²) in [5, 5.41) is 16.0. The maximum atomic E-state index is 8.07. The Morgan fingerprint density at radius 3 is 2.14 bits per heavy atom. The molecule has 1 radical (unpaired) electrons. The molecule has 0 unspecified atom stereocenters. The van der Waals surface area contributed by atoms with Gasteiger partial charge in [-0.3, -0.25) is 0 Å². The molecule has 0 rings (SSSR count). The zero-order valence-corrected chi connectivity index (χ0v) is 7.25. The van der Waals surface area contributed by atoms with E-state index in [4.69, 9.17) is 10.2 Å². The number of unbranched alkanes of at least 4 members (excludes halogenated alkanes) is 1. The van der Waals surface area contributed by atoms with Crippen LogP contribution in [0.5, 0.6) is 0 Å². The van der Waals surface area contributed by atoms with Crippen molar-refractivity contribution in [2.75, 3.05) is 6.61 Å². The van der Waals surface area contributed by atoms with E-state index in [1.807, 2.05) is 0 Å². The quantitative estimate of drug-likeness (QED) is 0.571. The standard InChI is InChI=1S/C4H9O2.Ta/c5-3-1-2-4-6;/h3,5-6H,1-2,4H2;/q-1;. The summed E-state index contributed by atoms with van der Waals surface area (Å²) < 4.78 is 0. The average Bonchev–Trinajstić information content (AvgIpc) is 1.61. The minimum Gasteiger partial charge on any atom is -0.566 e. The summed E-state index contributed by atoms with van der Waals surface area (Å²) in [7, 11) is 0. The number of hydrogen-bond acceptors (Lipinski definition) is 2. The predicted octanol–water partition coefficient (Wildman–Crippen LogP) is 0.291. The van der Waals surface area contributed by atoms with Crippen molar-refractivity contribution in [2.24, 2.45) is 0 Å². The largest absolute Gasteiger partial charge is 0.566 e. The Hall–Kier alpha value is 0.660. The SMILES string of the molecule is O[CH-]CCCO.[Ta]. The van der Waals surface area contributed by atoms with Crippen LogP contribution in [0.25, 0.3) is 0 Å². The van der Waals surface area contributed by atoms with Crippen LogP contribution in [0, 0.1) is 6.61 Å². The summed E-state index contributed by atoms with van der Waals surface area (Å²) in [6.07, 6.45) is 1.26. The van der Waals surface area contributed by atoms with Crippen LogP contribution in [0.3, 0.4) is 0 Å². The molecule has 0 saturated carbocycles. The second-order valence-electron chi connectivity index (χ2n) is 1.05. The normalized spacial score (nSPS) is 7.71. The van der Waals surface area contributed by atoms with Gasteiger partial charge in [0.25, 0.3) is 0 Å². The Balaban J connectivity index is 0. The predicted molar refractivity (Wildman–Crippen MR) is 22.6 cm³/mol. The van der Waals surface area contributed by atoms with Gasteiger partial charge in [-0.1, -0.05) is 6.42 Å². The fraction of sp³-hybridized carbons (Fsp3) is 0.750. The molecule has 0 saturated heterocycles. The molecule has 0 aliphatic heterocycles. The van der Waals surface area contributed by atoms with Gasteiger partial charge in [0.2, 0.25) is 0 Å². The van der Waals surface area contributed by atoms with Crippen molar-refractivity contribution >= 4 is 0 Å². The third kappa shape index (κ3) is 10.8. The molecule has 0 bridgehead atoms. The van der Waals surface area contributed by atoms with E-state index in [2.05, 4.69) is 0 Å². The first kappa shape index (κ1) is 10.6. The molecule has 0 aliphatic carbocycles. The first-order chi connectivity index (χ1) is 2.91. The average molecular weight is 270 g/mol. The van der Waals surface area contributed by atoms with E-state index < -0.39 is 0 Å². The van der Waals surface area contributed by atoms with E-state index in [1.54, 1.807) is 0 Å². The monoisotopic (exact) mass is 270 g/mol. The van der Waals surface area contributed by atoms with Gasteiger partial charge in [-0.15, -0.1) is 0 Å². The minimum atomic E-state index is 0. The van der Waals surface area contributed by atoms with E-state index in [-0.39, 0.29) is 29.0 Å². The third-order valence-corrected chi connectivity index (χ3v) is 0.491. The van der Waals surface area contributed by atoms with Crippen LogP contribution in [-0.2, 0) is 22.4 Å². The van der Waals surface area contributed by atoms with Crippen LogP contribution in [0.15, 0.2) is 0 Å². The van der Waals surface area contributed by atoms with E-state index in [1.165, 1.54) is 0 Å². The van der Waals surface area contributed by atoms with Crippen LogP contribution in [0.4, 0.5) is 0 Å². The topological polar surface area (TPSA) is 40.5 Å². The minimum absolute atomic E-state index is 0. The van der Waals surface area contributed by atoms with Gasteiger partial charge >= 0.3 is 0 Å². The van der Waals surface area contributed by atoms with Gasteiger partial charge in [0, 0.05) is 29.0 Å². The Labute approximate surface area is 59.1 Å². The summed E-state index contributed by atoms with van der Waals surface area (Å²) in [6.45, 7) is 1.22. The second-order valence-corrected chi connectivity index (χ2v) is 1.05. The summed E-state index contributed by atoms with van der Waals surface area (Å²) >= 11 is 0. The van der Waals surface area contributed by atoms with E-state index in [9.17, 15) is 0 Å².